The highest BCUT2D eigenvalue weighted by atomic mass is 16.5. The van der Waals surface area contributed by atoms with E-state index in [4.69, 9.17) is 9.72 Å². The van der Waals surface area contributed by atoms with Gasteiger partial charge in [-0.25, -0.2) is 9.78 Å². The SMILES string of the molecule is CC1(C(=O)NC(CCCCCCCc2ccc3c(n2)NCCC3)C(=O)O)CCOC1. The fourth-order valence-electron chi connectivity index (χ4n) is 4.13. The van der Waals surface area contributed by atoms with Crippen molar-refractivity contribution in [1.29, 1.82) is 0 Å². The molecule has 0 bridgehead atoms. The Morgan fingerprint density at radius 1 is 1.27 bits per heavy atom. The Bertz CT molecular complexity index is 731. The summed E-state index contributed by atoms with van der Waals surface area (Å²) in [6.45, 7) is 3.76. The molecule has 1 aromatic rings. The highest BCUT2D eigenvalue weighted by Gasteiger charge is 2.39. The number of nitrogens with zero attached hydrogens (tertiary/aromatic N) is 1. The number of aromatic nitrogens is 1. The Balaban J connectivity index is 1.30. The smallest absolute Gasteiger partial charge is 0.326 e. The predicted octanol–water partition coefficient (Wildman–Crippen LogP) is 3.32. The summed E-state index contributed by atoms with van der Waals surface area (Å²) in [5.74, 6) is -0.115. The van der Waals surface area contributed by atoms with Crippen molar-refractivity contribution in [1.82, 2.24) is 10.3 Å². The average molecular weight is 418 g/mol. The molecule has 30 heavy (non-hydrogen) atoms. The Hall–Kier alpha value is -2.15. The normalized spacial score (nSPS) is 21.5. The van der Waals surface area contributed by atoms with E-state index in [1.807, 2.05) is 6.92 Å². The van der Waals surface area contributed by atoms with Crippen LogP contribution in [0.2, 0.25) is 0 Å². The Morgan fingerprint density at radius 3 is 2.83 bits per heavy atom. The van der Waals surface area contributed by atoms with Crippen molar-refractivity contribution in [3.8, 4) is 0 Å². The van der Waals surface area contributed by atoms with Crippen LogP contribution in [0.25, 0.3) is 0 Å². The third-order valence-electron chi connectivity index (χ3n) is 6.25. The lowest BCUT2D eigenvalue weighted by atomic mass is 9.88. The van der Waals surface area contributed by atoms with Gasteiger partial charge in [-0.3, -0.25) is 4.79 Å². The third-order valence-corrected chi connectivity index (χ3v) is 6.25. The lowest BCUT2D eigenvalue weighted by molar-refractivity contribution is -0.144. The van der Waals surface area contributed by atoms with Gasteiger partial charge in [0.1, 0.15) is 11.9 Å². The number of carboxylic acid groups (broad SMARTS) is 1. The van der Waals surface area contributed by atoms with Crippen LogP contribution in [0, 0.1) is 5.41 Å². The first kappa shape index (κ1) is 22.5. The number of unbranched alkanes of at least 4 members (excludes halogenated alkanes) is 4. The van der Waals surface area contributed by atoms with Gasteiger partial charge in [-0.1, -0.05) is 31.7 Å². The molecular weight excluding hydrogens is 382 g/mol. The van der Waals surface area contributed by atoms with Crippen molar-refractivity contribution in [3.05, 3.63) is 23.4 Å². The van der Waals surface area contributed by atoms with Gasteiger partial charge in [0, 0.05) is 18.8 Å². The summed E-state index contributed by atoms with van der Waals surface area (Å²) in [5.41, 5.74) is 1.86. The van der Waals surface area contributed by atoms with E-state index < -0.39 is 17.4 Å². The molecule has 3 heterocycles. The van der Waals surface area contributed by atoms with Gasteiger partial charge in [-0.2, -0.15) is 0 Å². The first-order chi connectivity index (χ1) is 14.5. The van der Waals surface area contributed by atoms with Gasteiger partial charge in [-0.15, -0.1) is 0 Å². The van der Waals surface area contributed by atoms with Gasteiger partial charge in [-0.05, 0) is 57.1 Å². The Morgan fingerprint density at radius 2 is 2.07 bits per heavy atom. The van der Waals surface area contributed by atoms with Gasteiger partial charge in [0.2, 0.25) is 5.91 Å². The summed E-state index contributed by atoms with van der Waals surface area (Å²) < 4.78 is 5.30. The number of ether oxygens (including phenoxy) is 1. The second kappa shape index (κ2) is 10.8. The fraction of sp³-hybridized carbons (Fsp3) is 0.696. The molecule has 3 N–H and O–H groups in total. The second-order valence-electron chi connectivity index (χ2n) is 8.87. The number of hydrogen-bond acceptors (Lipinski definition) is 5. The minimum atomic E-state index is -0.960. The Kier molecular flexibility index (Phi) is 8.08. The lowest BCUT2D eigenvalue weighted by Crippen LogP contribution is -2.47. The number of carboxylic acids is 1. The number of rotatable bonds is 11. The van der Waals surface area contributed by atoms with Crippen molar-refractivity contribution >= 4 is 17.7 Å². The average Bonchev–Trinajstić information content (AvgIpc) is 3.19. The van der Waals surface area contributed by atoms with Crippen LogP contribution in [0.4, 0.5) is 5.82 Å². The maximum Gasteiger partial charge on any atom is 0.326 e. The number of hydrogen-bond donors (Lipinski definition) is 3. The summed E-state index contributed by atoms with van der Waals surface area (Å²) in [7, 11) is 0. The molecule has 1 aromatic heterocycles. The first-order valence-corrected chi connectivity index (χ1v) is 11.3. The van der Waals surface area contributed by atoms with Crippen LogP contribution in [0.3, 0.4) is 0 Å². The topological polar surface area (TPSA) is 101 Å². The molecule has 2 unspecified atom stereocenters. The zero-order chi connectivity index (χ0) is 21.4. The zero-order valence-corrected chi connectivity index (χ0v) is 18.0. The van der Waals surface area contributed by atoms with E-state index in [0.29, 0.717) is 26.1 Å². The van der Waals surface area contributed by atoms with E-state index in [1.54, 1.807) is 0 Å². The number of aryl methyl sites for hydroxylation is 2. The number of carbonyl (C=O) groups excluding carboxylic acids is 1. The van der Waals surface area contributed by atoms with Crippen molar-refractivity contribution in [2.45, 2.75) is 77.2 Å². The van der Waals surface area contributed by atoms with E-state index in [-0.39, 0.29) is 5.91 Å². The van der Waals surface area contributed by atoms with Crippen molar-refractivity contribution < 1.29 is 19.4 Å². The third kappa shape index (κ3) is 6.17. The second-order valence-corrected chi connectivity index (χ2v) is 8.87. The molecule has 0 saturated carbocycles. The highest BCUT2D eigenvalue weighted by molar-refractivity contribution is 5.87. The van der Waals surface area contributed by atoms with E-state index in [2.05, 4.69) is 22.8 Å². The van der Waals surface area contributed by atoms with Crippen LogP contribution < -0.4 is 10.6 Å². The Labute approximate surface area is 179 Å². The van der Waals surface area contributed by atoms with Gasteiger partial charge >= 0.3 is 5.97 Å². The standard InChI is InChI=1S/C23H35N3O4/c1-23(13-15-30-16-23)22(29)26-19(21(27)28)10-6-4-2-3-5-9-18-12-11-17-8-7-14-24-20(17)25-18/h11-12,19H,2-10,13-16H2,1H3,(H,24,25)(H,26,29)(H,27,28). The molecule has 1 saturated heterocycles. The molecule has 0 radical (unpaired) electrons. The van der Waals surface area contributed by atoms with Gasteiger partial charge < -0.3 is 20.5 Å². The zero-order valence-electron chi connectivity index (χ0n) is 18.0. The summed E-state index contributed by atoms with van der Waals surface area (Å²) >= 11 is 0. The summed E-state index contributed by atoms with van der Waals surface area (Å²) in [4.78, 5) is 28.7. The molecule has 1 fully saturated rings. The number of anilines is 1. The van der Waals surface area contributed by atoms with Crippen LogP contribution in [0.1, 0.15) is 69.5 Å². The maximum absolute atomic E-state index is 12.4. The number of pyridine rings is 1. The molecule has 3 rings (SSSR count). The number of aliphatic carboxylic acids is 1. The monoisotopic (exact) mass is 417 g/mol. The molecular formula is C23H35N3O4. The molecule has 0 aliphatic carbocycles. The number of carbonyl (C=O) groups is 2. The summed E-state index contributed by atoms with van der Waals surface area (Å²) in [6.07, 6.45) is 9.39. The number of amides is 1. The molecule has 7 heteroatoms. The van der Waals surface area contributed by atoms with E-state index in [0.717, 1.165) is 63.0 Å². The van der Waals surface area contributed by atoms with Crippen molar-refractivity contribution in [2.75, 3.05) is 25.1 Å². The van der Waals surface area contributed by atoms with E-state index in [9.17, 15) is 14.7 Å². The van der Waals surface area contributed by atoms with Crippen LogP contribution in [-0.2, 0) is 27.2 Å². The van der Waals surface area contributed by atoms with E-state index in [1.165, 1.54) is 12.0 Å². The van der Waals surface area contributed by atoms with Gasteiger partial charge in [0.15, 0.2) is 0 Å². The number of fused-ring (bicyclic) bond motifs is 1. The molecule has 1 amide bonds. The van der Waals surface area contributed by atoms with Crippen LogP contribution >= 0.6 is 0 Å². The fourth-order valence-corrected chi connectivity index (χ4v) is 4.13. The summed E-state index contributed by atoms with van der Waals surface area (Å²) in [5, 5.41) is 15.5. The molecule has 7 nitrogen and oxygen atoms in total. The molecule has 0 aromatic carbocycles. The lowest BCUT2D eigenvalue weighted by Gasteiger charge is -2.23. The van der Waals surface area contributed by atoms with Gasteiger partial charge in [0.05, 0.1) is 12.0 Å². The van der Waals surface area contributed by atoms with Crippen molar-refractivity contribution in [2.24, 2.45) is 5.41 Å². The maximum atomic E-state index is 12.4. The van der Waals surface area contributed by atoms with Crippen molar-refractivity contribution in [3.63, 3.8) is 0 Å². The predicted molar refractivity (Wildman–Crippen MR) is 116 cm³/mol. The van der Waals surface area contributed by atoms with Crippen LogP contribution in [0.15, 0.2) is 12.1 Å². The molecule has 0 spiro atoms. The molecule has 2 aliphatic rings. The quantitative estimate of drug-likeness (QED) is 0.478. The largest absolute Gasteiger partial charge is 0.480 e. The van der Waals surface area contributed by atoms with E-state index >= 15 is 0 Å². The highest BCUT2D eigenvalue weighted by Crippen LogP contribution is 2.28. The molecule has 166 valence electrons. The summed E-state index contributed by atoms with van der Waals surface area (Å²) in [6, 6.07) is 3.52. The molecule has 2 aliphatic heterocycles. The first-order valence-electron chi connectivity index (χ1n) is 11.3. The van der Waals surface area contributed by atoms with Gasteiger partial charge in [0.25, 0.3) is 0 Å². The minimum Gasteiger partial charge on any atom is -0.480 e. The molecule has 2 atom stereocenters. The van der Waals surface area contributed by atoms with Crippen LogP contribution in [-0.4, -0.2) is 47.8 Å². The minimum absolute atomic E-state index is 0.209. The number of nitrogens with one attached hydrogen (secondary N) is 2. The van der Waals surface area contributed by atoms with Crippen LogP contribution in [0.5, 0.6) is 0 Å².